The number of anilines is 1. The molecular formula is C22H30N6O. The van der Waals surface area contributed by atoms with Crippen molar-refractivity contribution in [2.24, 2.45) is 12.0 Å². The van der Waals surface area contributed by atoms with Crippen molar-refractivity contribution in [3.8, 4) is 0 Å². The average molecular weight is 395 g/mol. The van der Waals surface area contributed by atoms with Crippen LogP contribution in [0, 0.1) is 0 Å². The molecule has 7 nitrogen and oxygen atoms in total. The van der Waals surface area contributed by atoms with Crippen LogP contribution in [0.4, 0.5) is 5.69 Å². The first-order valence-electron chi connectivity index (χ1n) is 10.5. The molecule has 1 N–H and O–H groups in total. The first kappa shape index (κ1) is 19.5. The Balaban J connectivity index is 1.47. The highest BCUT2D eigenvalue weighted by Gasteiger charge is 2.38. The van der Waals surface area contributed by atoms with Gasteiger partial charge in [-0.3, -0.25) is 14.5 Å². The van der Waals surface area contributed by atoms with E-state index in [2.05, 4.69) is 52.6 Å². The highest BCUT2D eigenvalue weighted by molar-refractivity contribution is 5.98. The third kappa shape index (κ3) is 3.99. The third-order valence-corrected chi connectivity index (χ3v) is 6.09. The molecule has 1 saturated heterocycles. The van der Waals surface area contributed by atoms with E-state index in [9.17, 15) is 4.79 Å². The number of amides is 1. The molecule has 1 aliphatic carbocycles. The number of guanidine groups is 1. The number of hydrogen-bond acceptors (Lipinski definition) is 3. The molecule has 0 radical (unpaired) electrons. The summed E-state index contributed by atoms with van der Waals surface area (Å²) in [6, 6.07) is 10.7. The van der Waals surface area contributed by atoms with E-state index in [4.69, 9.17) is 4.99 Å². The Bertz CT molecular complexity index is 870. The number of aryl methyl sites for hydroxylation is 1. The van der Waals surface area contributed by atoms with Gasteiger partial charge in [-0.2, -0.15) is 5.10 Å². The predicted molar refractivity (Wildman–Crippen MR) is 115 cm³/mol. The third-order valence-electron chi connectivity index (χ3n) is 6.09. The van der Waals surface area contributed by atoms with Gasteiger partial charge < -0.3 is 15.1 Å². The lowest BCUT2D eigenvalue weighted by Gasteiger charge is -2.42. The molecule has 1 aromatic heterocycles. The van der Waals surface area contributed by atoms with E-state index >= 15 is 0 Å². The van der Waals surface area contributed by atoms with Crippen LogP contribution in [-0.4, -0.2) is 59.3 Å². The van der Waals surface area contributed by atoms with E-state index in [1.165, 1.54) is 24.8 Å². The molecule has 0 spiro atoms. The maximum Gasteiger partial charge on any atom is 0.246 e. The summed E-state index contributed by atoms with van der Waals surface area (Å²) in [4.78, 5) is 21.7. The molecule has 2 heterocycles. The molecule has 1 aliphatic heterocycles. The van der Waals surface area contributed by atoms with Crippen LogP contribution in [0.25, 0.3) is 0 Å². The lowest BCUT2D eigenvalue weighted by molar-refractivity contribution is -0.120. The van der Waals surface area contributed by atoms with Crippen LogP contribution in [-0.2, 0) is 17.3 Å². The van der Waals surface area contributed by atoms with E-state index in [1.807, 2.05) is 18.1 Å². The molecule has 1 aromatic carbocycles. The summed E-state index contributed by atoms with van der Waals surface area (Å²) >= 11 is 0. The van der Waals surface area contributed by atoms with E-state index in [0.29, 0.717) is 13.1 Å². The van der Waals surface area contributed by atoms with Crippen molar-refractivity contribution in [1.82, 2.24) is 20.0 Å². The fourth-order valence-electron chi connectivity index (χ4n) is 4.26. The Hall–Kier alpha value is -2.83. The summed E-state index contributed by atoms with van der Waals surface area (Å²) in [6.45, 7) is 5.34. The Morgan fingerprint density at radius 1 is 1.24 bits per heavy atom. The zero-order valence-corrected chi connectivity index (χ0v) is 17.3. The fourth-order valence-corrected chi connectivity index (χ4v) is 4.26. The topological polar surface area (TPSA) is 65.8 Å². The van der Waals surface area contributed by atoms with E-state index < -0.39 is 0 Å². The van der Waals surface area contributed by atoms with E-state index in [-0.39, 0.29) is 11.3 Å². The normalized spacial score (nSPS) is 19.2. The van der Waals surface area contributed by atoms with Crippen molar-refractivity contribution in [2.75, 3.05) is 37.6 Å². The molecule has 7 heteroatoms. The molecule has 0 unspecified atom stereocenters. The maximum absolute atomic E-state index is 12.8. The molecule has 2 aromatic rings. The molecule has 0 atom stereocenters. The summed E-state index contributed by atoms with van der Waals surface area (Å²) in [5.41, 5.74) is 2.38. The van der Waals surface area contributed by atoms with Gasteiger partial charge in [0.15, 0.2) is 5.96 Å². The largest absolute Gasteiger partial charge is 0.357 e. The van der Waals surface area contributed by atoms with Crippen molar-refractivity contribution < 1.29 is 4.79 Å². The smallest absolute Gasteiger partial charge is 0.246 e. The summed E-state index contributed by atoms with van der Waals surface area (Å²) in [5.74, 6) is 0.921. The number of carbonyl (C=O) groups is 1. The van der Waals surface area contributed by atoms with Crippen molar-refractivity contribution in [3.63, 3.8) is 0 Å². The Labute approximate surface area is 172 Å². The van der Waals surface area contributed by atoms with Crippen LogP contribution in [0.15, 0.2) is 47.7 Å². The second-order valence-electron chi connectivity index (χ2n) is 8.01. The minimum atomic E-state index is 0.0799. The van der Waals surface area contributed by atoms with E-state index in [1.54, 1.807) is 10.9 Å². The van der Waals surface area contributed by atoms with Crippen LogP contribution >= 0.6 is 0 Å². The number of piperazine rings is 1. The Kier molecular flexibility index (Phi) is 5.56. The van der Waals surface area contributed by atoms with Gasteiger partial charge in [-0.1, -0.05) is 36.8 Å². The molecule has 4 rings (SSSR count). The lowest BCUT2D eigenvalue weighted by Crippen LogP contribution is -2.55. The molecular weight excluding hydrogens is 364 g/mol. The van der Waals surface area contributed by atoms with Gasteiger partial charge in [-0.15, -0.1) is 0 Å². The molecule has 1 amide bonds. The van der Waals surface area contributed by atoms with Gasteiger partial charge in [-0.25, -0.2) is 0 Å². The van der Waals surface area contributed by atoms with Crippen LogP contribution in [0.1, 0.15) is 31.7 Å². The first-order valence-corrected chi connectivity index (χ1v) is 10.5. The van der Waals surface area contributed by atoms with Gasteiger partial charge in [0.2, 0.25) is 5.91 Å². The second-order valence-corrected chi connectivity index (χ2v) is 8.01. The highest BCUT2D eigenvalue weighted by Crippen LogP contribution is 2.43. The summed E-state index contributed by atoms with van der Waals surface area (Å²) < 4.78 is 1.72. The molecule has 29 heavy (non-hydrogen) atoms. The number of aliphatic imine (C=N–C) groups is 1. The number of rotatable bonds is 5. The lowest BCUT2D eigenvalue weighted by atomic mass is 9.64. The summed E-state index contributed by atoms with van der Waals surface area (Å²) in [5, 5.41) is 7.58. The first-order chi connectivity index (χ1) is 14.1. The maximum atomic E-state index is 12.8. The number of aromatic nitrogens is 2. The SMILES string of the molecule is CCNC(=NCC1(c2ccccc2)CCC1)N1CCN(c2cnn(C)c2)C(=O)C1. The Morgan fingerprint density at radius 2 is 2.03 bits per heavy atom. The minimum absolute atomic E-state index is 0.0799. The molecule has 2 aliphatic rings. The number of benzene rings is 1. The number of nitrogens with one attached hydrogen (secondary N) is 1. The monoisotopic (exact) mass is 394 g/mol. The van der Waals surface area contributed by atoms with Crippen molar-refractivity contribution in [2.45, 2.75) is 31.6 Å². The average Bonchev–Trinajstić information content (AvgIpc) is 3.13. The second kappa shape index (κ2) is 8.27. The minimum Gasteiger partial charge on any atom is -0.357 e. The number of nitrogens with zero attached hydrogens (tertiary/aromatic N) is 5. The van der Waals surface area contributed by atoms with Crippen LogP contribution in [0.3, 0.4) is 0 Å². The standard InChI is InChI=1S/C22H30N6O/c1-3-23-21(24-17-22(10-7-11-22)18-8-5-4-6-9-18)27-12-13-28(20(29)16-27)19-14-25-26(2)15-19/h4-6,8-9,14-15H,3,7,10-13,16-17H2,1-2H3,(H,23,24). The Morgan fingerprint density at radius 3 is 2.62 bits per heavy atom. The summed E-state index contributed by atoms with van der Waals surface area (Å²) in [7, 11) is 1.86. The molecule has 0 bridgehead atoms. The molecule has 2 fully saturated rings. The molecule has 154 valence electrons. The van der Waals surface area contributed by atoms with Crippen LogP contribution < -0.4 is 10.2 Å². The van der Waals surface area contributed by atoms with Gasteiger partial charge in [0, 0.05) is 38.3 Å². The van der Waals surface area contributed by atoms with Crippen molar-refractivity contribution >= 4 is 17.6 Å². The fraction of sp³-hybridized carbons (Fsp3) is 0.500. The predicted octanol–water partition coefficient (Wildman–Crippen LogP) is 2.16. The van der Waals surface area contributed by atoms with Gasteiger partial charge in [0.1, 0.15) is 6.54 Å². The quantitative estimate of drug-likeness (QED) is 0.623. The van der Waals surface area contributed by atoms with E-state index in [0.717, 1.165) is 31.3 Å². The number of carbonyl (C=O) groups excluding carboxylic acids is 1. The number of hydrogen-bond donors (Lipinski definition) is 1. The summed E-state index contributed by atoms with van der Waals surface area (Å²) in [6.07, 6.45) is 7.23. The zero-order chi connectivity index (χ0) is 20.3. The van der Waals surface area contributed by atoms with Crippen molar-refractivity contribution in [1.29, 1.82) is 0 Å². The van der Waals surface area contributed by atoms with Gasteiger partial charge >= 0.3 is 0 Å². The van der Waals surface area contributed by atoms with Gasteiger partial charge in [0.25, 0.3) is 0 Å². The van der Waals surface area contributed by atoms with Crippen molar-refractivity contribution in [3.05, 3.63) is 48.3 Å². The van der Waals surface area contributed by atoms with Gasteiger partial charge in [0.05, 0.1) is 18.4 Å². The van der Waals surface area contributed by atoms with Gasteiger partial charge in [-0.05, 0) is 25.3 Å². The van der Waals surface area contributed by atoms with Crippen LogP contribution in [0.2, 0.25) is 0 Å². The van der Waals surface area contributed by atoms with Crippen LogP contribution in [0.5, 0.6) is 0 Å². The zero-order valence-electron chi connectivity index (χ0n) is 17.3. The molecule has 1 saturated carbocycles. The highest BCUT2D eigenvalue weighted by atomic mass is 16.2.